The number of anilines is 1. The molecule has 0 radical (unpaired) electrons. The van der Waals surface area contributed by atoms with Crippen molar-refractivity contribution in [2.75, 3.05) is 4.90 Å². The van der Waals surface area contributed by atoms with Crippen LogP contribution in [-0.2, 0) is 16.8 Å². The Morgan fingerprint density at radius 2 is 1.59 bits per heavy atom. The Kier molecular flexibility index (Phi) is 6.69. The number of benzodiazepines with no additional fused rings is 1. The summed E-state index contributed by atoms with van der Waals surface area (Å²) in [6, 6.07) is 25.2. The van der Waals surface area contributed by atoms with Gasteiger partial charge in [0.15, 0.2) is 5.78 Å². The molecule has 3 unspecified atom stereocenters. The Hall–Kier alpha value is -3.28. The van der Waals surface area contributed by atoms with Gasteiger partial charge in [0.25, 0.3) is 0 Å². The summed E-state index contributed by atoms with van der Waals surface area (Å²) in [5.74, 6) is -0.165. The van der Waals surface area contributed by atoms with Crippen LogP contribution in [0.2, 0.25) is 0 Å². The van der Waals surface area contributed by atoms with Crippen LogP contribution in [-0.4, -0.2) is 29.7 Å². The van der Waals surface area contributed by atoms with Crippen molar-refractivity contribution in [1.82, 2.24) is 0 Å². The number of benzene rings is 3. The van der Waals surface area contributed by atoms with E-state index < -0.39 is 18.2 Å². The Balaban J connectivity index is 1.82. The van der Waals surface area contributed by atoms with E-state index in [0.717, 1.165) is 28.1 Å². The molecule has 4 rings (SSSR count). The number of hydrogen-bond acceptors (Lipinski definition) is 5. The molecule has 4 N–H and O–H groups in total. The molecule has 0 saturated carbocycles. The number of aliphatic imine (C=N–C) groups is 1. The van der Waals surface area contributed by atoms with Gasteiger partial charge in [-0.15, -0.1) is 0 Å². The van der Waals surface area contributed by atoms with Gasteiger partial charge in [-0.25, -0.2) is 0 Å². The van der Waals surface area contributed by atoms with Gasteiger partial charge in [-0.1, -0.05) is 93.6 Å². The number of nitrogens with two attached hydrogens (primary N) is 2. The monoisotopic (exact) mass is 454 g/mol. The number of carbonyl (C=O) groups excluding carboxylic acids is 1. The van der Waals surface area contributed by atoms with Crippen molar-refractivity contribution < 1.29 is 4.79 Å². The average Bonchev–Trinajstić information content (AvgIpc) is 2.94. The van der Waals surface area contributed by atoms with Crippen LogP contribution in [0.1, 0.15) is 49.9 Å². The zero-order valence-electron chi connectivity index (χ0n) is 20.4. The highest BCUT2D eigenvalue weighted by atomic mass is 16.1. The maximum Gasteiger partial charge on any atom is 0.177 e. The summed E-state index contributed by atoms with van der Waals surface area (Å²) in [5, 5.41) is 0. The number of nitrogens with zero attached hydrogens (tertiary/aromatic N) is 2. The summed E-state index contributed by atoms with van der Waals surface area (Å²) in [7, 11) is 0. The molecule has 0 spiro atoms. The van der Waals surface area contributed by atoms with E-state index in [1.807, 2.05) is 48.5 Å². The van der Waals surface area contributed by atoms with Gasteiger partial charge in [0.05, 0.1) is 11.8 Å². The van der Waals surface area contributed by atoms with Gasteiger partial charge in [0.1, 0.15) is 12.2 Å². The van der Waals surface area contributed by atoms with Gasteiger partial charge in [0.2, 0.25) is 0 Å². The molecule has 1 aliphatic rings. The molecule has 0 aliphatic carbocycles. The SMILES string of the molecule is CC(N)C(=O)C1N=C(c2ccccc2)c2ccccc2N(Cc2ccc(C(C)(C)C)cc2)C1N. The minimum Gasteiger partial charge on any atom is -0.349 e. The third-order valence-corrected chi connectivity index (χ3v) is 6.38. The summed E-state index contributed by atoms with van der Waals surface area (Å²) >= 11 is 0. The molecular weight excluding hydrogens is 420 g/mol. The first kappa shape index (κ1) is 23.9. The fourth-order valence-corrected chi connectivity index (χ4v) is 4.37. The molecule has 0 bridgehead atoms. The van der Waals surface area contributed by atoms with Crippen molar-refractivity contribution in [3.63, 3.8) is 0 Å². The first-order chi connectivity index (χ1) is 16.2. The molecule has 0 fully saturated rings. The van der Waals surface area contributed by atoms with Gasteiger partial charge < -0.3 is 16.4 Å². The number of hydrogen-bond donors (Lipinski definition) is 2. The number of carbonyl (C=O) groups is 1. The largest absolute Gasteiger partial charge is 0.349 e. The van der Waals surface area contributed by atoms with Crippen LogP contribution in [0.4, 0.5) is 5.69 Å². The fourth-order valence-electron chi connectivity index (χ4n) is 4.37. The summed E-state index contributed by atoms with van der Waals surface area (Å²) < 4.78 is 0. The first-order valence-electron chi connectivity index (χ1n) is 11.8. The molecule has 5 heteroatoms. The molecule has 0 aromatic heterocycles. The van der Waals surface area contributed by atoms with E-state index in [4.69, 9.17) is 16.5 Å². The Labute approximate surface area is 202 Å². The molecule has 1 aliphatic heterocycles. The molecular formula is C29H34N4O. The lowest BCUT2D eigenvalue weighted by atomic mass is 9.86. The van der Waals surface area contributed by atoms with Crippen LogP contribution < -0.4 is 16.4 Å². The van der Waals surface area contributed by atoms with E-state index in [9.17, 15) is 4.79 Å². The number of Topliss-reactive ketones (excluding diaryl/α,β-unsaturated/α-hetero) is 1. The molecule has 5 nitrogen and oxygen atoms in total. The molecule has 3 aromatic carbocycles. The molecule has 0 amide bonds. The van der Waals surface area contributed by atoms with E-state index >= 15 is 0 Å². The zero-order valence-corrected chi connectivity index (χ0v) is 20.4. The second-order valence-electron chi connectivity index (χ2n) is 10.1. The number of fused-ring (bicyclic) bond motifs is 1. The number of ketones is 1. The standard InChI is InChI=1S/C29H34N4O/c1-19(30)27(34)26-28(31)33(18-20-14-16-22(17-15-20)29(2,3)4)24-13-9-8-12-23(24)25(32-26)21-10-6-5-7-11-21/h5-17,19,26,28H,18,30-31H2,1-4H3. The molecule has 176 valence electrons. The van der Waals surface area contributed by atoms with E-state index in [2.05, 4.69) is 56.0 Å². The molecule has 0 saturated heterocycles. The van der Waals surface area contributed by atoms with Crippen molar-refractivity contribution in [2.24, 2.45) is 16.5 Å². The van der Waals surface area contributed by atoms with Gasteiger partial charge in [-0.3, -0.25) is 9.79 Å². The van der Waals surface area contributed by atoms with Crippen LogP contribution >= 0.6 is 0 Å². The van der Waals surface area contributed by atoms with Gasteiger partial charge >= 0.3 is 0 Å². The lowest BCUT2D eigenvalue weighted by molar-refractivity contribution is -0.121. The van der Waals surface area contributed by atoms with Crippen molar-refractivity contribution >= 4 is 17.2 Å². The number of rotatable bonds is 5. The number of para-hydroxylation sites is 1. The van der Waals surface area contributed by atoms with Crippen LogP contribution in [0.5, 0.6) is 0 Å². The topological polar surface area (TPSA) is 84.7 Å². The second kappa shape index (κ2) is 9.53. The lowest BCUT2D eigenvalue weighted by Gasteiger charge is -2.34. The Morgan fingerprint density at radius 3 is 2.21 bits per heavy atom. The summed E-state index contributed by atoms with van der Waals surface area (Å²) in [6.45, 7) is 8.87. The molecule has 34 heavy (non-hydrogen) atoms. The lowest BCUT2D eigenvalue weighted by Crippen LogP contribution is -2.54. The predicted molar refractivity (Wildman–Crippen MR) is 140 cm³/mol. The fraction of sp³-hybridized carbons (Fsp3) is 0.310. The van der Waals surface area contributed by atoms with Crippen LogP contribution in [0.3, 0.4) is 0 Å². The van der Waals surface area contributed by atoms with Gasteiger partial charge in [0, 0.05) is 23.4 Å². The highest BCUT2D eigenvalue weighted by molar-refractivity contribution is 6.17. The van der Waals surface area contributed by atoms with Crippen molar-refractivity contribution in [3.05, 3.63) is 101 Å². The van der Waals surface area contributed by atoms with E-state index in [1.54, 1.807) is 6.92 Å². The van der Waals surface area contributed by atoms with Crippen LogP contribution in [0, 0.1) is 0 Å². The highest BCUT2D eigenvalue weighted by Gasteiger charge is 2.36. The Bertz CT molecular complexity index is 1180. The van der Waals surface area contributed by atoms with Gasteiger partial charge in [-0.2, -0.15) is 0 Å². The van der Waals surface area contributed by atoms with Crippen LogP contribution in [0.15, 0.2) is 83.9 Å². The van der Waals surface area contributed by atoms with E-state index in [1.165, 1.54) is 5.56 Å². The maximum atomic E-state index is 13.2. The second-order valence-corrected chi connectivity index (χ2v) is 10.1. The average molecular weight is 455 g/mol. The van der Waals surface area contributed by atoms with E-state index in [0.29, 0.717) is 6.54 Å². The maximum absolute atomic E-state index is 13.2. The summed E-state index contributed by atoms with van der Waals surface area (Å²) in [6.07, 6.45) is -0.650. The van der Waals surface area contributed by atoms with Crippen molar-refractivity contribution in [2.45, 2.75) is 57.9 Å². The summed E-state index contributed by atoms with van der Waals surface area (Å²) in [4.78, 5) is 20.2. The minimum atomic E-state index is -0.781. The third-order valence-electron chi connectivity index (χ3n) is 6.38. The Morgan fingerprint density at radius 1 is 0.971 bits per heavy atom. The summed E-state index contributed by atoms with van der Waals surface area (Å²) in [5.41, 5.74) is 18.9. The third kappa shape index (κ3) is 4.81. The molecule has 3 atom stereocenters. The van der Waals surface area contributed by atoms with Gasteiger partial charge in [-0.05, 0) is 29.5 Å². The van der Waals surface area contributed by atoms with Crippen LogP contribution in [0.25, 0.3) is 0 Å². The zero-order chi connectivity index (χ0) is 24.5. The smallest absolute Gasteiger partial charge is 0.177 e. The molecule has 3 aromatic rings. The molecule has 1 heterocycles. The first-order valence-corrected chi connectivity index (χ1v) is 11.8. The predicted octanol–water partition coefficient (Wildman–Crippen LogP) is 4.41. The quantitative estimate of drug-likeness (QED) is 0.598. The van der Waals surface area contributed by atoms with Crippen molar-refractivity contribution in [3.8, 4) is 0 Å². The highest BCUT2D eigenvalue weighted by Crippen LogP contribution is 2.32. The van der Waals surface area contributed by atoms with E-state index in [-0.39, 0.29) is 11.2 Å². The normalized spacial score (nSPS) is 19.1. The van der Waals surface area contributed by atoms with Crippen molar-refractivity contribution in [1.29, 1.82) is 0 Å². The minimum absolute atomic E-state index is 0.0807.